The van der Waals surface area contributed by atoms with Crippen LogP contribution in [0.5, 0.6) is 0 Å². The Bertz CT molecular complexity index is 524. The normalized spacial score (nSPS) is 12.0. The first-order valence-corrected chi connectivity index (χ1v) is 7.59. The smallest absolute Gasteiger partial charge is 0.325 e. The van der Waals surface area contributed by atoms with Gasteiger partial charge in [0, 0.05) is 18.6 Å². The lowest BCUT2D eigenvalue weighted by Crippen LogP contribution is -2.42. The summed E-state index contributed by atoms with van der Waals surface area (Å²) in [6, 6.07) is 7.72. The molecular formula is C16H24ClN3O2. The molecule has 1 aromatic rings. The maximum absolute atomic E-state index is 11.6. The molecule has 0 unspecified atom stereocenters. The van der Waals surface area contributed by atoms with Crippen molar-refractivity contribution < 1.29 is 9.53 Å². The molecule has 0 aliphatic rings. The predicted molar refractivity (Wildman–Crippen MR) is 90.4 cm³/mol. The molecule has 0 amide bonds. The lowest BCUT2D eigenvalue weighted by Gasteiger charge is -2.20. The Morgan fingerprint density at radius 3 is 2.64 bits per heavy atom. The van der Waals surface area contributed by atoms with Gasteiger partial charge in [-0.25, -0.2) is 0 Å². The summed E-state index contributed by atoms with van der Waals surface area (Å²) >= 11 is 5.94. The second kappa shape index (κ2) is 8.63. The minimum absolute atomic E-state index is 0.0775. The van der Waals surface area contributed by atoms with Crippen molar-refractivity contribution >= 4 is 23.5 Å². The van der Waals surface area contributed by atoms with Crippen LogP contribution in [0.1, 0.15) is 26.3 Å². The molecule has 0 saturated heterocycles. The number of rotatable bonds is 5. The fraction of sp³-hybridized carbons (Fsp3) is 0.500. The largest absolute Gasteiger partial charge is 0.459 e. The second-order valence-corrected chi connectivity index (χ2v) is 6.26. The molecule has 0 spiro atoms. The average molecular weight is 326 g/mol. The monoisotopic (exact) mass is 325 g/mol. The van der Waals surface area contributed by atoms with Crippen LogP contribution in [0.4, 0.5) is 0 Å². The molecule has 122 valence electrons. The van der Waals surface area contributed by atoms with E-state index in [4.69, 9.17) is 16.3 Å². The molecule has 0 aromatic heterocycles. The van der Waals surface area contributed by atoms with Crippen molar-refractivity contribution in [2.24, 2.45) is 4.99 Å². The van der Waals surface area contributed by atoms with Crippen LogP contribution >= 0.6 is 11.6 Å². The van der Waals surface area contributed by atoms with Crippen LogP contribution in [-0.4, -0.2) is 37.7 Å². The van der Waals surface area contributed by atoms with Gasteiger partial charge in [-0.15, -0.1) is 0 Å². The molecule has 5 nitrogen and oxygen atoms in total. The number of nitrogens with one attached hydrogen (secondary N) is 2. The Morgan fingerprint density at radius 2 is 2.05 bits per heavy atom. The van der Waals surface area contributed by atoms with Crippen molar-refractivity contribution in [3.63, 3.8) is 0 Å². The van der Waals surface area contributed by atoms with Crippen molar-refractivity contribution in [3.8, 4) is 0 Å². The number of esters is 1. The van der Waals surface area contributed by atoms with Gasteiger partial charge >= 0.3 is 5.97 Å². The molecule has 22 heavy (non-hydrogen) atoms. The highest BCUT2D eigenvalue weighted by molar-refractivity contribution is 6.30. The van der Waals surface area contributed by atoms with Crippen LogP contribution in [-0.2, 0) is 16.0 Å². The minimum atomic E-state index is -0.484. The van der Waals surface area contributed by atoms with E-state index < -0.39 is 5.60 Å². The number of nitrogens with zero attached hydrogens (tertiary/aromatic N) is 1. The van der Waals surface area contributed by atoms with Crippen LogP contribution in [0, 0.1) is 0 Å². The maximum Gasteiger partial charge on any atom is 0.325 e. The van der Waals surface area contributed by atoms with Gasteiger partial charge in [0.05, 0.1) is 0 Å². The molecule has 0 bridgehead atoms. The van der Waals surface area contributed by atoms with Crippen LogP contribution in [0.15, 0.2) is 29.3 Å². The van der Waals surface area contributed by atoms with Crippen molar-refractivity contribution in [1.82, 2.24) is 10.6 Å². The quantitative estimate of drug-likeness (QED) is 0.496. The van der Waals surface area contributed by atoms with Crippen LogP contribution in [0.25, 0.3) is 0 Å². The Balaban J connectivity index is 2.32. The molecule has 0 aliphatic carbocycles. The summed E-state index contributed by atoms with van der Waals surface area (Å²) in [6.07, 6.45) is 0.813. The maximum atomic E-state index is 11.6. The summed E-state index contributed by atoms with van der Waals surface area (Å²) < 4.78 is 5.22. The van der Waals surface area contributed by atoms with E-state index in [1.54, 1.807) is 7.05 Å². The standard InChI is InChI=1S/C16H24ClN3O2/c1-16(2,3)22-14(21)11-20-15(18-4)19-9-8-12-6-5-7-13(17)10-12/h5-7,10H,8-9,11H2,1-4H3,(H2,18,19,20). The highest BCUT2D eigenvalue weighted by Gasteiger charge is 2.16. The zero-order chi connectivity index (χ0) is 16.6. The summed E-state index contributed by atoms with van der Waals surface area (Å²) in [6.45, 7) is 6.28. The third-order valence-corrected chi connectivity index (χ3v) is 2.87. The molecule has 6 heteroatoms. The number of carbonyl (C=O) groups excluding carboxylic acids is 1. The van der Waals surface area contributed by atoms with Gasteiger partial charge in [0.15, 0.2) is 5.96 Å². The third-order valence-electron chi connectivity index (χ3n) is 2.64. The average Bonchev–Trinajstić information content (AvgIpc) is 2.40. The summed E-state index contributed by atoms with van der Waals surface area (Å²) in [5, 5.41) is 6.80. The SMILES string of the molecule is CN=C(NCCc1cccc(Cl)c1)NCC(=O)OC(C)(C)C. The Hall–Kier alpha value is -1.75. The van der Waals surface area contributed by atoms with E-state index >= 15 is 0 Å². The summed E-state index contributed by atoms with van der Waals surface area (Å²) in [7, 11) is 1.66. The van der Waals surface area contributed by atoms with Gasteiger partial charge in [-0.3, -0.25) is 9.79 Å². The molecule has 0 radical (unpaired) electrons. The number of halogens is 1. The predicted octanol–water partition coefficient (Wildman–Crippen LogP) is 2.39. The second-order valence-electron chi connectivity index (χ2n) is 5.82. The Labute approximate surface area is 137 Å². The van der Waals surface area contributed by atoms with E-state index in [0.29, 0.717) is 12.5 Å². The Kier molecular flexibility index (Phi) is 7.18. The lowest BCUT2D eigenvalue weighted by atomic mass is 10.1. The number of aliphatic imine (C=N–C) groups is 1. The van der Waals surface area contributed by atoms with Crippen LogP contribution in [0.3, 0.4) is 0 Å². The fourth-order valence-electron chi connectivity index (χ4n) is 1.77. The van der Waals surface area contributed by atoms with Gasteiger partial charge < -0.3 is 15.4 Å². The lowest BCUT2D eigenvalue weighted by molar-refractivity contribution is -0.153. The van der Waals surface area contributed by atoms with E-state index in [0.717, 1.165) is 17.0 Å². The summed E-state index contributed by atoms with van der Waals surface area (Å²) in [5.41, 5.74) is 0.657. The van der Waals surface area contributed by atoms with Crippen molar-refractivity contribution in [1.29, 1.82) is 0 Å². The first kappa shape index (κ1) is 18.3. The van der Waals surface area contributed by atoms with Gasteiger partial charge in [-0.2, -0.15) is 0 Å². The minimum Gasteiger partial charge on any atom is -0.459 e. The fourth-order valence-corrected chi connectivity index (χ4v) is 1.98. The molecule has 0 fully saturated rings. The third kappa shape index (κ3) is 7.88. The summed E-state index contributed by atoms with van der Waals surface area (Å²) in [5.74, 6) is 0.248. The molecule has 0 aliphatic heterocycles. The summed E-state index contributed by atoms with van der Waals surface area (Å²) in [4.78, 5) is 15.7. The highest BCUT2D eigenvalue weighted by Crippen LogP contribution is 2.10. The van der Waals surface area contributed by atoms with Gasteiger partial charge in [0.1, 0.15) is 12.1 Å². The van der Waals surface area contributed by atoms with Crippen molar-refractivity contribution in [3.05, 3.63) is 34.9 Å². The van der Waals surface area contributed by atoms with Gasteiger partial charge in [0.2, 0.25) is 0 Å². The first-order valence-electron chi connectivity index (χ1n) is 7.21. The number of hydrogen-bond donors (Lipinski definition) is 2. The molecule has 1 rings (SSSR count). The van der Waals surface area contributed by atoms with Crippen molar-refractivity contribution in [2.75, 3.05) is 20.1 Å². The van der Waals surface area contributed by atoms with Crippen LogP contribution in [0.2, 0.25) is 5.02 Å². The number of guanidine groups is 1. The molecule has 0 atom stereocenters. The van der Waals surface area contributed by atoms with Gasteiger partial charge in [-0.05, 0) is 44.9 Å². The first-order chi connectivity index (χ1) is 10.3. The molecular weight excluding hydrogens is 302 g/mol. The van der Waals surface area contributed by atoms with Gasteiger partial charge in [-0.1, -0.05) is 23.7 Å². The zero-order valence-corrected chi connectivity index (χ0v) is 14.3. The number of ether oxygens (including phenoxy) is 1. The van der Waals surface area contributed by atoms with E-state index in [2.05, 4.69) is 15.6 Å². The molecule has 1 aromatic carbocycles. The van der Waals surface area contributed by atoms with E-state index in [1.165, 1.54) is 0 Å². The highest BCUT2D eigenvalue weighted by atomic mass is 35.5. The van der Waals surface area contributed by atoms with E-state index in [-0.39, 0.29) is 12.5 Å². The van der Waals surface area contributed by atoms with Crippen LogP contribution < -0.4 is 10.6 Å². The number of hydrogen-bond acceptors (Lipinski definition) is 3. The van der Waals surface area contributed by atoms with Crippen molar-refractivity contribution in [2.45, 2.75) is 32.8 Å². The number of carbonyl (C=O) groups is 1. The molecule has 2 N–H and O–H groups in total. The molecule has 0 heterocycles. The zero-order valence-electron chi connectivity index (χ0n) is 13.6. The number of benzene rings is 1. The van der Waals surface area contributed by atoms with E-state index in [9.17, 15) is 4.79 Å². The van der Waals surface area contributed by atoms with E-state index in [1.807, 2.05) is 45.0 Å². The topological polar surface area (TPSA) is 62.7 Å². The molecule has 0 saturated carbocycles. The van der Waals surface area contributed by atoms with Gasteiger partial charge in [0.25, 0.3) is 0 Å². The Morgan fingerprint density at radius 1 is 1.32 bits per heavy atom.